The van der Waals surface area contributed by atoms with Gasteiger partial charge in [0.05, 0.1) is 6.61 Å². The van der Waals surface area contributed by atoms with Crippen LogP contribution in [0, 0.1) is 17.7 Å². The summed E-state index contributed by atoms with van der Waals surface area (Å²) in [6.07, 6.45) is 6.12. The quantitative estimate of drug-likeness (QED) is 0.770. The zero-order valence-corrected chi connectivity index (χ0v) is 13.2. The predicted molar refractivity (Wildman–Crippen MR) is 83.1 cm³/mol. The number of nitrogens with zero attached hydrogens (tertiary/aromatic N) is 1. The topological polar surface area (TPSA) is 29.5 Å². The van der Waals surface area contributed by atoms with Crippen LogP contribution in [0.15, 0.2) is 18.2 Å². The number of hydrogen-bond acceptors (Lipinski definition) is 2. The van der Waals surface area contributed by atoms with Gasteiger partial charge in [0.25, 0.3) is 5.91 Å². The molecular weight excluding hydrogens is 281 g/mol. The zero-order chi connectivity index (χ0) is 15.5. The van der Waals surface area contributed by atoms with Crippen LogP contribution < -0.4 is 0 Å². The van der Waals surface area contributed by atoms with Gasteiger partial charge in [-0.15, -0.1) is 0 Å². The van der Waals surface area contributed by atoms with E-state index in [1.165, 1.54) is 38.2 Å². The minimum Gasteiger partial charge on any atom is -0.376 e. The van der Waals surface area contributed by atoms with Crippen LogP contribution in [0.1, 0.15) is 48.0 Å². The lowest BCUT2D eigenvalue weighted by Gasteiger charge is -2.30. The molecule has 0 saturated heterocycles. The van der Waals surface area contributed by atoms with E-state index in [1.54, 1.807) is 17.0 Å². The highest BCUT2D eigenvalue weighted by Gasteiger charge is 2.23. The molecule has 0 aliphatic heterocycles. The van der Waals surface area contributed by atoms with E-state index in [9.17, 15) is 9.18 Å². The maximum absolute atomic E-state index is 13.8. The van der Waals surface area contributed by atoms with Gasteiger partial charge >= 0.3 is 0 Å². The van der Waals surface area contributed by atoms with Crippen molar-refractivity contribution in [1.82, 2.24) is 4.90 Å². The first-order valence-corrected chi connectivity index (χ1v) is 8.25. The molecule has 0 radical (unpaired) electrons. The second kappa shape index (κ2) is 6.78. The van der Waals surface area contributed by atoms with E-state index >= 15 is 0 Å². The van der Waals surface area contributed by atoms with Crippen LogP contribution in [-0.2, 0) is 11.3 Å². The van der Waals surface area contributed by atoms with Crippen molar-refractivity contribution in [2.24, 2.45) is 11.8 Å². The van der Waals surface area contributed by atoms with Gasteiger partial charge in [-0.25, -0.2) is 4.39 Å². The smallest absolute Gasteiger partial charge is 0.253 e. The fourth-order valence-electron chi connectivity index (χ4n) is 2.80. The summed E-state index contributed by atoms with van der Waals surface area (Å²) < 4.78 is 19.4. The first-order valence-electron chi connectivity index (χ1n) is 8.25. The summed E-state index contributed by atoms with van der Waals surface area (Å²) in [6, 6.07) is 4.58. The molecule has 1 aromatic rings. The number of carbonyl (C=O) groups is 1. The van der Waals surface area contributed by atoms with E-state index in [1.807, 2.05) is 7.05 Å². The molecule has 0 heterocycles. The molecule has 1 aromatic carbocycles. The number of benzene rings is 1. The van der Waals surface area contributed by atoms with Crippen LogP contribution in [0.25, 0.3) is 0 Å². The molecule has 2 aliphatic rings. The molecule has 22 heavy (non-hydrogen) atoms. The predicted octanol–water partition coefficient (Wildman–Crippen LogP) is 3.62. The number of ether oxygens (including phenoxy) is 1. The monoisotopic (exact) mass is 305 g/mol. The van der Waals surface area contributed by atoms with Gasteiger partial charge in [-0.2, -0.15) is 0 Å². The van der Waals surface area contributed by atoms with Crippen molar-refractivity contribution in [3.8, 4) is 0 Å². The van der Waals surface area contributed by atoms with Crippen LogP contribution in [0.2, 0.25) is 0 Å². The minimum atomic E-state index is -0.297. The molecule has 3 rings (SSSR count). The standard InChI is InChI=1S/C18H24FNO2/c1-20(10-13-3-2-4-13)18(21)15-7-8-17(19)16(9-15)12-22-11-14-5-6-14/h7-9,13-14H,2-6,10-12H2,1H3. The first-order chi connectivity index (χ1) is 10.6. The Kier molecular flexibility index (Phi) is 4.77. The fraction of sp³-hybridized carbons (Fsp3) is 0.611. The number of hydrogen-bond donors (Lipinski definition) is 0. The van der Waals surface area contributed by atoms with Crippen LogP contribution in [-0.4, -0.2) is 31.0 Å². The van der Waals surface area contributed by atoms with Crippen LogP contribution in [0.4, 0.5) is 4.39 Å². The van der Waals surface area contributed by atoms with E-state index in [0.717, 1.165) is 6.54 Å². The van der Waals surface area contributed by atoms with E-state index in [4.69, 9.17) is 4.74 Å². The van der Waals surface area contributed by atoms with E-state index in [-0.39, 0.29) is 18.3 Å². The highest BCUT2D eigenvalue weighted by atomic mass is 19.1. The lowest BCUT2D eigenvalue weighted by atomic mass is 9.85. The molecule has 0 aromatic heterocycles. The summed E-state index contributed by atoms with van der Waals surface area (Å²) in [7, 11) is 1.83. The van der Waals surface area contributed by atoms with Crippen molar-refractivity contribution in [2.75, 3.05) is 20.2 Å². The second-order valence-corrected chi connectivity index (χ2v) is 6.75. The Balaban J connectivity index is 1.60. The van der Waals surface area contributed by atoms with Crippen molar-refractivity contribution in [3.05, 3.63) is 35.1 Å². The average Bonchev–Trinajstić information content (AvgIpc) is 3.28. The highest BCUT2D eigenvalue weighted by Crippen LogP contribution is 2.29. The van der Waals surface area contributed by atoms with Crippen molar-refractivity contribution >= 4 is 5.91 Å². The number of amides is 1. The molecule has 2 aliphatic carbocycles. The Morgan fingerprint density at radius 3 is 2.68 bits per heavy atom. The molecule has 0 bridgehead atoms. The molecule has 120 valence electrons. The third-order valence-corrected chi connectivity index (χ3v) is 4.70. The zero-order valence-electron chi connectivity index (χ0n) is 13.2. The van der Waals surface area contributed by atoms with E-state index < -0.39 is 0 Å². The van der Waals surface area contributed by atoms with Gasteiger partial charge in [0.15, 0.2) is 0 Å². The maximum atomic E-state index is 13.8. The fourth-order valence-corrected chi connectivity index (χ4v) is 2.80. The van der Waals surface area contributed by atoms with Crippen molar-refractivity contribution in [1.29, 1.82) is 0 Å². The Morgan fingerprint density at radius 1 is 1.27 bits per heavy atom. The summed E-state index contributed by atoms with van der Waals surface area (Å²) in [4.78, 5) is 14.2. The normalized spacial score (nSPS) is 18.1. The third-order valence-electron chi connectivity index (χ3n) is 4.70. The molecule has 1 amide bonds. The van der Waals surface area contributed by atoms with Gasteiger partial charge in [-0.05, 0) is 55.7 Å². The first kappa shape index (κ1) is 15.5. The van der Waals surface area contributed by atoms with E-state index in [2.05, 4.69) is 0 Å². The minimum absolute atomic E-state index is 0.0321. The molecule has 3 nitrogen and oxygen atoms in total. The van der Waals surface area contributed by atoms with Crippen molar-refractivity contribution in [2.45, 2.75) is 38.7 Å². The molecule has 4 heteroatoms. The SMILES string of the molecule is CN(CC1CCC1)C(=O)c1ccc(F)c(COCC2CC2)c1. The molecule has 2 saturated carbocycles. The van der Waals surface area contributed by atoms with Crippen molar-refractivity contribution < 1.29 is 13.9 Å². The summed E-state index contributed by atoms with van der Waals surface area (Å²) >= 11 is 0. The maximum Gasteiger partial charge on any atom is 0.253 e. The molecule has 0 N–H and O–H groups in total. The Labute approximate surface area is 131 Å². The summed E-state index contributed by atoms with van der Waals surface area (Å²) in [5, 5.41) is 0. The van der Waals surface area contributed by atoms with Gasteiger partial charge in [0.2, 0.25) is 0 Å². The third kappa shape index (κ3) is 3.86. The number of rotatable bonds is 7. The van der Waals surface area contributed by atoms with Crippen LogP contribution >= 0.6 is 0 Å². The summed E-state index contributed by atoms with van der Waals surface area (Å²) in [6.45, 7) is 1.73. The van der Waals surface area contributed by atoms with Gasteiger partial charge < -0.3 is 9.64 Å². The summed E-state index contributed by atoms with van der Waals surface area (Å²) in [5.41, 5.74) is 1.02. The van der Waals surface area contributed by atoms with Gasteiger partial charge in [-0.1, -0.05) is 6.42 Å². The van der Waals surface area contributed by atoms with Gasteiger partial charge in [0.1, 0.15) is 5.82 Å². The van der Waals surface area contributed by atoms with Crippen molar-refractivity contribution in [3.63, 3.8) is 0 Å². The van der Waals surface area contributed by atoms with Crippen LogP contribution in [0.3, 0.4) is 0 Å². The lowest BCUT2D eigenvalue weighted by molar-refractivity contribution is 0.0744. The summed E-state index contributed by atoms with van der Waals surface area (Å²) in [5.74, 6) is 0.960. The Bertz CT molecular complexity index is 538. The van der Waals surface area contributed by atoms with E-state index in [0.29, 0.717) is 29.6 Å². The molecule has 0 spiro atoms. The Hall–Kier alpha value is -1.42. The van der Waals surface area contributed by atoms with Gasteiger partial charge in [-0.3, -0.25) is 4.79 Å². The Morgan fingerprint density at radius 2 is 2.05 bits per heavy atom. The molecular formula is C18H24FNO2. The largest absolute Gasteiger partial charge is 0.376 e. The average molecular weight is 305 g/mol. The molecule has 0 unspecified atom stereocenters. The van der Waals surface area contributed by atoms with Gasteiger partial charge in [0, 0.05) is 31.3 Å². The van der Waals surface area contributed by atoms with Crippen LogP contribution in [0.5, 0.6) is 0 Å². The number of carbonyl (C=O) groups excluding carboxylic acids is 1. The number of halogens is 1. The second-order valence-electron chi connectivity index (χ2n) is 6.75. The molecule has 2 fully saturated rings. The lowest BCUT2D eigenvalue weighted by Crippen LogP contribution is -2.34. The highest BCUT2D eigenvalue weighted by molar-refractivity contribution is 5.94. The molecule has 0 atom stereocenters.